The Morgan fingerprint density at radius 3 is 2.57 bits per heavy atom. The minimum Gasteiger partial charge on any atom is -0.393 e. The highest BCUT2D eigenvalue weighted by molar-refractivity contribution is 5.97. The Bertz CT molecular complexity index is 287. The molecule has 0 N–H and O–H groups in total. The van der Waals surface area contributed by atoms with Gasteiger partial charge < -0.3 is 9.64 Å². The van der Waals surface area contributed by atoms with E-state index in [1.165, 1.54) is 0 Å². The average Bonchev–Trinajstić information content (AvgIpc) is 2.52. The van der Waals surface area contributed by atoms with E-state index in [9.17, 15) is 9.59 Å². The fourth-order valence-electron chi connectivity index (χ4n) is 2.75. The molecule has 4 heteroatoms. The summed E-state index contributed by atoms with van der Waals surface area (Å²) in [4.78, 5) is 24.9. The number of cyclic esters (lactones) is 2. The van der Waals surface area contributed by atoms with Gasteiger partial charge in [0.1, 0.15) is 0 Å². The maximum atomic E-state index is 11.5. The van der Waals surface area contributed by atoms with Crippen molar-refractivity contribution in [1.82, 2.24) is 4.90 Å². The number of carbonyl (C=O) groups excluding carboxylic acids is 2. The second-order valence-electron chi connectivity index (χ2n) is 4.55. The number of hydrogen-bond donors (Lipinski definition) is 0. The first kappa shape index (κ1) is 9.65. The van der Waals surface area contributed by atoms with Gasteiger partial charge in [0, 0.05) is 12.6 Å². The zero-order chi connectivity index (χ0) is 10.5. The van der Waals surface area contributed by atoms with Gasteiger partial charge in [0.15, 0.2) is 0 Å². The Balaban J connectivity index is 2.29. The molecule has 2 heterocycles. The van der Waals surface area contributed by atoms with Crippen LogP contribution in [0.1, 0.15) is 13.8 Å². The van der Waals surface area contributed by atoms with Crippen LogP contribution in [0.5, 0.6) is 0 Å². The molecule has 2 fully saturated rings. The van der Waals surface area contributed by atoms with Crippen molar-refractivity contribution in [2.75, 3.05) is 13.6 Å². The number of fused-ring (bicyclic) bond motifs is 1. The van der Waals surface area contributed by atoms with Crippen molar-refractivity contribution >= 4 is 11.9 Å². The van der Waals surface area contributed by atoms with Gasteiger partial charge in [-0.2, -0.15) is 0 Å². The van der Waals surface area contributed by atoms with Crippen molar-refractivity contribution < 1.29 is 14.3 Å². The first-order chi connectivity index (χ1) is 6.52. The molecule has 14 heavy (non-hydrogen) atoms. The fourth-order valence-corrected chi connectivity index (χ4v) is 2.75. The monoisotopic (exact) mass is 197 g/mol. The smallest absolute Gasteiger partial charge is 0.319 e. The summed E-state index contributed by atoms with van der Waals surface area (Å²) in [5.41, 5.74) is 0. The molecule has 3 atom stereocenters. The molecule has 0 aromatic rings. The number of esters is 2. The lowest BCUT2D eigenvalue weighted by molar-refractivity contribution is -0.155. The zero-order valence-electron chi connectivity index (χ0n) is 8.69. The second kappa shape index (κ2) is 3.05. The molecule has 0 aromatic carbocycles. The normalized spacial score (nSPS) is 37.9. The van der Waals surface area contributed by atoms with E-state index in [1.54, 1.807) is 0 Å². The minimum absolute atomic E-state index is 0.152. The standard InChI is InChI=1S/C10H15NO3/c1-5(2)8-7-6(4-11(8)3)9(12)14-10(7)13/h5-8H,4H2,1-3H3. The molecule has 0 saturated carbocycles. The number of rotatable bonds is 1. The third-order valence-electron chi connectivity index (χ3n) is 3.25. The lowest BCUT2D eigenvalue weighted by Crippen LogP contribution is -2.37. The van der Waals surface area contributed by atoms with Crippen LogP contribution in [0.25, 0.3) is 0 Å². The summed E-state index contributed by atoms with van der Waals surface area (Å²) >= 11 is 0. The SMILES string of the molecule is CC(C)C1C2C(=O)OC(=O)C2CN1C. The Morgan fingerprint density at radius 1 is 1.36 bits per heavy atom. The molecule has 0 spiro atoms. The van der Waals surface area contributed by atoms with Crippen molar-refractivity contribution in [2.45, 2.75) is 19.9 Å². The van der Waals surface area contributed by atoms with E-state index in [2.05, 4.69) is 23.5 Å². The molecule has 0 aromatic heterocycles. The summed E-state index contributed by atoms with van der Waals surface area (Å²) in [6.07, 6.45) is 0. The third-order valence-corrected chi connectivity index (χ3v) is 3.25. The van der Waals surface area contributed by atoms with Crippen LogP contribution in [0.15, 0.2) is 0 Å². The van der Waals surface area contributed by atoms with Crippen LogP contribution in [-0.4, -0.2) is 36.5 Å². The number of nitrogens with zero attached hydrogens (tertiary/aromatic N) is 1. The summed E-state index contributed by atoms with van der Waals surface area (Å²) in [6.45, 7) is 4.79. The number of likely N-dealkylation sites (tertiary alicyclic amines) is 1. The van der Waals surface area contributed by atoms with E-state index in [0.29, 0.717) is 12.5 Å². The van der Waals surface area contributed by atoms with Crippen molar-refractivity contribution in [3.63, 3.8) is 0 Å². The molecule has 2 aliphatic heterocycles. The van der Waals surface area contributed by atoms with Gasteiger partial charge in [0.2, 0.25) is 0 Å². The molecule has 2 saturated heterocycles. The molecule has 0 bridgehead atoms. The largest absolute Gasteiger partial charge is 0.393 e. The van der Waals surface area contributed by atoms with Crippen LogP contribution >= 0.6 is 0 Å². The summed E-state index contributed by atoms with van der Waals surface area (Å²) in [5, 5.41) is 0. The lowest BCUT2D eigenvalue weighted by Gasteiger charge is -2.25. The van der Waals surface area contributed by atoms with Crippen molar-refractivity contribution in [1.29, 1.82) is 0 Å². The topological polar surface area (TPSA) is 46.6 Å². The van der Waals surface area contributed by atoms with Crippen LogP contribution in [0, 0.1) is 17.8 Å². The summed E-state index contributed by atoms with van der Waals surface area (Å²) in [7, 11) is 1.96. The number of hydrogen-bond acceptors (Lipinski definition) is 4. The maximum absolute atomic E-state index is 11.5. The summed E-state index contributed by atoms with van der Waals surface area (Å²) in [5.74, 6) is -0.751. The van der Waals surface area contributed by atoms with Gasteiger partial charge in [-0.25, -0.2) is 0 Å². The second-order valence-corrected chi connectivity index (χ2v) is 4.55. The van der Waals surface area contributed by atoms with Crippen LogP contribution in [0.2, 0.25) is 0 Å². The van der Waals surface area contributed by atoms with Gasteiger partial charge in [-0.1, -0.05) is 13.8 Å². The van der Waals surface area contributed by atoms with Gasteiger partial charge >= 0.3 is 11.9 Å². The first-order valence-corrected chi connectivity index (χ1v) is 4.98. The highest BCUT2D eigenvalue weighted by Crippen LogP contribution is 2.38. The van der Waals surface area contributed by atoms with E-state index < -0.39 is 0 Å². The Morgan fingerprint density at radius 2 is 2.00 bits per heavy atom. The summed E-state index contributed by atoms with van der Waals surface area (Å²) < 4.78 is 4.65. The highest BCUT2D eigenvalue weighted by atomic mass is 16.6. The van der Waals surface area contributed by atoms with Crippen molar-refractivity contribution in [2.24, 2.45) is 17.8 Å². The molecule has 0 radical (unpaired) electrons. The molecule has 0 amide bonds. The Labute approximate surface area is 83.2 Å². The van der Waals surface area contributed by atoms with E-state index >= 15 is 0 Å². The van der Waals surface area contributed by atoms with Gasteiger partial charge in [-0.3, -0.25) is 9.59 Å². The fraction of sp³-hybridized carbons (Fsp3) is 0.800. The van der Waals surface area contributed by atoms with Crippen LogP contribution in [0.3, 0.4) is 0 Å². The molecule has 3 unspecified atom stereocenters. The van der Waals surface area contributed by atoms with Crippen LogP contribution < -0.4 is 0 Å². The lowest BCUT2D eigenvalue weighted by atomic mass is 9.87. The van der Waals surface area contributed by atoms with E-state index in [-0.39, 0.29) is 29.8 Å². The Hall–Kier alpha value is -0.900. The van der Waals surface area contributed by atoms with Gasteiger partial charge in [0.25, 0.3) is 0 Å². The van der Waals surface area contributed by atoms with Crippen LogP contribution in [0.4, 0.5) is 0 Å². The molecule has 0 aliphatic carbocycles. The predicted octanol–water partition coefficient (Wildman–Crippen LogP) is 0.272. The van der Waals surface area contributed by atoms with Gasteiger partial charge in [-0.05, 0) is 13.0 Å². The molecular weight excluding hydrogens is 182 g/mol. The minimum atomic E-state index is -0.338. The molecule has 2 aliphatic rings. The van der Waals surface area contributed by atoms with Gasteiger partial charge in [0.05, 0.1) is 11.8 Å². The van der Waals surface area contributed by atoms with E-state index in [4.69, 9.17) is 0 Å². The van der Waals surface area contributed by atoms with Gasteiger partial charge in [-0.15, -0.1) is 0 Å². The number of ether oxygens (including phenoxy) is 1. The van der Waals surface area contributed by atoms with Crippen molar-refractivity contribution in [3.05, 3.63) is 0 Å². The van der Waals surface area contributed by atoms with E-state index in [0.717, 1.165) is 0 Å². The van der Waals surface area contributed by atoms with Crippen LogP contribution in [-0.2, 0) is 14.3 Å². The van der Waals surface area contributed by atoms with E-state index in [1.807, 2.05) is 7.05 Å². The molecule has 78 valence electrons. The average molecular weight is 197 g/mol. The highest BCUT2D eigenvalue weighted by Gasteiger charge is 2.55. The Kier molecular flexibility index (Phi) is 2.10. The zero-order valence-corrected chi connectivity index (χ0v) is 8.69. The quantitative estimate of drug-likeness (QED) is 0.447. The maximum Gasteiger partial charge on any atom is 0.319 e. The number of carbonyl (C=O) groups is 2. The molecular formula is C10H15NO3. The van der Waals surface area contributed by atoms with Crippen molar-refractivity contribution in [3.8, 4) is 0 Å². The molecule has 2 rings (SSSR count). The third kappa shape index (κ3) is 1.17. The summed E-state index contributed by atoms with van der Waals surface area (Å²) in [6, 6.07) is 0.152. The predicted molar refractivity (Wildman–Crippen MR) is 49.3 cm³/mol. The molecule has 4 nitrogen and oxygen atoms in total. The first-order valence-electron chi connectivity index (χ1n) is 4.98.